The summed E-state index contributed by atoms with van der Waals surface area (Å²) >= 11 is 0. The van der Waals surface area contributed by atoms with E-state index in [1.54, 1.807) is 0 Å². The highest BCUT2D eigenvalue weighted by Gasteiger charge is 2.37. The second kappa shape index (κ2) is 5.55. The first-order chi connectivity index (χ1) is 10.4. The fourth-order valence-corrected chi connectivity index (χ4v) is 2.89. The molecule has 0 amide bonds. The van der Waals surface area contributed by atoms with E-state index in [9.17, 15) is 18.0 Å². The van der Waals surface area contributed by atoms with E-state index in [0.29, 0.717) is 38.0 Å². The maximum atomic E-state index is 12.5. The summed E-state index contributed by atoms with van der Waals surface area (Å²) in [7, 11) is 0. The van der Waals surface area contributed by atoms with Crippen LogP contribution in [0.4, 0.5) is 13.2 Å². The average molecular weight is 315 g/mol. The Balaban J connectivity index is 1.82. The Labute approximate surface area is 124 Å². The van der Waals surface area contributed by atoms with Crippen LogP contribution in [0.2, 0.25) is 0 Å². The van der Waals surface area contributed by atoms with Crippen LogP contribution in [-0.4, -0.2) is 30.2 Å². The SMILES string of the molecule is O=c1[nH]cc(C2=CCC3(CC2)OCCO3)cc1CC(F)(F)F. The predicted molar refractivity (Wildman–Crippen MR) is 73.3 cm³/mol. The van der Waals surface area contributed by atoms with E-state index < -0.39 is 23.9 Å². The van der Waals surface area contributed by atoms with Crippen LogP contribution in [0.1, 0.15) is 30.4 Å². The zero-order valence-electron chi connectivity index (χ0n) is 11.8. The average Bonchev–Trinajstić information content (AvgIpc) is 2.89. The van der Waals surface area contributed by atoms with Gasteiger partial charge >= 0.3 is 6.18 Å². The van der Waals surface area contributed by atoms with E-state index in [1.807, 2.05) is 6.08 Å². The van der Waals surface area contributed by atoms with Gasteiger partial charge in [0.2, 0.25) is 0 Å². The number of hydrogen-bond acceptors (Lipinski definition) is 3. The number of allylic oxidation sites excluding steroid dienone is 1. The number of hydrogen-bond donors (Lipinski definition) is 1. The van der Waals surface area contributed by atoms with Gasteiger partial charge in [0.25, 0.3) is 5.56 Å². The van der Waals surface area contributed by atoms with E-state index in [1.165, 1.54) is 12.3 Å². The molecule has 4 nitrogen and oxygen atoms in total. The topological polar surface area (TPSA) is 51.3 Å². The molecular formula is C15H16F3NO3. The van der Waals surface area contributed by atoms with Crippen molar-refractivity contribution in [2.75, 3.05) is 13.2 Å². The lowest BCUT2D eigenvalue weighted by molar-refractivity contribution is -0.159. The molecule has 0 unspecified atom stereocenters. The smallest absolute Gasteiger partial charge is 0.347 e. The summed E-state index contributed by atoms with van der Waals surface area (Å²) in [5.41, 5.74) is 0.562. The molecule has 1 aromatic heterocycles. The van der Waals surface area contributed by atoms with Crippen LogP contribution in [0.3, 0.4) is 0 Å². The van der Waals surface area contributed by atoms with E-state index in [2.05, 4.69) is 4.98 Å². The molecular weight excluding hydrogens is 299 g/mol. The molecule has 2 heterocycles. The van der Waals surface area contributed by atoms with Crippen molar-refractivity contribution in [2.24, 2.45) is 0 Å². The maximum Gasteiger partial charge on any atom is 0.393 e. The van der Waals surface area contributed by atoms with E-state index in [4.69, 9.17) is 9.47 Å². The summed E-state index contributed by atoms with van der Waals surface area (Å²) in [4.78, 5) is 13.9. The zero-order valence-corrected chi connectivity index (χ0v) is 11.8. The fourth-order valence-electron chi connectivity index (χ4n) is 2.89. The van der Waals surface area contributed by atoms with Gasteiger partial charge in [0.05, 0.1) is 19.6 Å². The summed E-state index contributed by atoms with van der Waals surface area (Å²) in [5.74, 6) is -0.569. The third-order valence-electron chi connectivity index (χ3n) is 3.99. The van der Waals surface area contributed by atoms with Crippen molar-refractivity contribution in [3.8, 4) is 0 Å². The van der Waals surface area contributed by atoms with Crippen LogP contribution in [0.15, 0.2) is 23.1 Å². The van der Waals surface area contributed by atoms with Crippen molar-refractivity contribution in [2.45, 2.75) is 37.6 Å². The lowest BCUT2D eigenvalue weighted by atomic mass is 9.90. The molecule has 7 heteroatoms. The fraction of sp³-hybridized carbons (Fsp3) is 0.533. The molecule has 2 aliphatic rings. The molecule has 1 saturated heterocycles. The van der Waals surface area contributed by atoms with Gasteiger partial charge in [-0.25, -0.2) is 0 Å². The summed E-state index contributed by atoms with van der Waals surface area (Å²) in [6, 6.07) is 1.33. The Hall–Kier alpha value is -1.60. The Morgan fingerprint density at radius 1 is 1.27 bits per heavy atom. The molecule has 1 aliphatic heterocycles. The lowest BCUT2D eigenvalue weighted by Gasteiger charge is -2.30. The Kier molecular flexibility index (Phi) is 3.86. The third kappa shape index (κ3) is 3.25. The van der Waals surface area contributed by atoms with E-state index >= 15 is 0 Å². The van der Waals surface area contributed by atoms with Crippen molar-refractivity contribution in [1.82, 2.24) is 4.98 Å². The standard InChI is InChI=1S/C15H16F3NO3/c16-15(17,18)8-11-7-12(9-19-13(11)20)10-1-3-14(4-2-10)21-5-6-22-14/h1,7,9H,2-6,8H2,(H,19,20). The van der Waals surface area contributed by atoms with E-state index in [0.717, 1.165) is 5.57 Å². The monoisotopic (exact) mass is 315 g/mol. The Morgan fingerprint density at radius 3 is 2.59 bits per heavy atom. The molecule has 0 atom stereocenters. The number of rotatable bonds is 2. The van der Waals surface area contributed by atoms with Crippen LogP contribution in [0.5, 0.6) is 0 Å². The van der Waals surface area contributed by atoms with Gasteiger partial charge in [-0.2, -0.15) is 13.2 Å². The molecule has 0 radical (unpaired) electrons. The largest absolute Gasteiger partial charge is 0.393 e. The first-order valence-corrected chi connectivity index (χ1v) is 7.13. The van der Waals surface area contributed by atoms with Gasteiger partial charge in [-0.05, 0) is 23.6 Å². The first kappa shape index (κ1) is 15.3. The van der Waals surface area contributed by atoms with Gasteiger partial charge in [0, 0.05) is 24.6 Å². The number of aromatic amines is 1. The normalized spacial score (nSPS) is 21.1. The van der Waals surface area contributed by atoms with Gasteiger partial charge in [-0.15, -0.1) is 0 Å². The van der Waals surface area contributed by atoms with Gasteiger partial charge in [0.15, 0.2) is 5.79 Å². The molecule has 1 aromatic rings. The van der Waals surface area contributed by atoms with Crippen molar-refractivity contribution in [3.63, 3.8) is 0 Å². The van der Waals surface area contributed by atoms with Gasteiger partial charge in [-0.3, -0.25) is 4.79 Å². The van der Waals surface area contributed by atoms with Crippen molar-refractivity contribution in [3.05, 3.63) is 39.8 Å². The molecule has 120 valence electrons. The van der Waals surface area contributed by atoms with Crippen LogP contribution < -0.4 is 5.56 Å². The highest BCUT2D eigenvalue weighted by Crippen LogP contribution is 2.38. The minimum atomic E-state index is -4.40. The van der Waals surface area contributed by atoms with Crippen molar-refractivity contribution < 1.29 is 22.6 Å². The number of pyridine rings is 1. The molecule has 1 fully saturated rings. The summed E-state index contributed by atoms with van der Waals surface area (Å²) in [5, 5.41) is 0. The first-order valence-electron chi connectivity index (χ1n) is 7.13. The second-order valence-corrected chi connectivity index (χ2v) is 5.58. The highest BCUT2D eigenvalue weighted by molar-refractivity contribution is 5.66. The summed E-state index contributed by atoms with van der Waals surface area (Å²) in [6.07, 6.45) is -0.385. The zero-order chi connectivity index (χ0) is 15.8. The Morgan fingerprint density at radius 2 is 2.00 bits per heavy atom. The third-order valence-corrected chi connectivity index (χ3v) is 3.99. The van der Waals surface area contributed by atoms with Gasteiger partial charge in [-0.1, -0.05) is 6.08 Å². The molecule has 22 heavy (non-hydrogen) atoms. The van der Waals surface area contributed by atoms with Crippen LogP contribution in [0.25, 0.3) is 5.57 Å². The quantitative estimate of drug-likeness (QED) is 0.913. The van der Waals surface area contributed by atoms with Crippen molar-refractivity contribution >= 4 is 5.57 Å². The molecule has 1 spiro atoms. The number of nitrogens with one attached hydrogen (secondary N) is 1. The molecule has 3 rings (SSSR count). The van der Waals surface area contributed by atoms with Crippen LogP contribution in [-0.2, 0) is 15.9 Å². The predicted octanol–water partition coefficient (Wildman–Crippen LogP) is 2.79. The molecule has 0 aromatic carbocycles. The van der Waals surface area contributed by atoms with Crippen molar-refractivity contribution in [1.29, 1.82) is 0 Å². The minimum absolute atomic E-state index is 0.264. The molecule has 0 bridgehead atoms. The number of ether oxygens (including phenoxy) is 2. The van der Waals surface area contributed by atoms with E-state index in [-0.39, 0.29) is 5.56 Å². The lowest BCUT2D eigenvalue weighted by Crippen LogP contribution is -2.31. The van der Waals surface area contributed by atoms with Crippen LogP contribution >= 0.6 is 0 Å². The maximum absolute atomic E-state index is 12.5. The number of aromatic nitrogens is 1. The van der Waals surface area contributed by atoms with Crippen LogP contribution in [0, 0.1) is 0 Å². The summed E-state index contributed by atoms with van der Waals surface area (Å²) < 4.78 is 48.7. The number of alkyl halides is 3. The minimum Gasteiger partial charge on any atom is -0.347 e. The van der Waals surface area contributed by atoms with Gasteiger partial charge < -0.3 is 14.5 Å². The molecule has 1 N–H and O–H groups in total. The number of halogens is 3. The van der Waals surface area contributed by atoms with Gasteiger partial charge in [0.1, 0.15) is 0 Å². The molecule has 1 aliphatic carbocycles. The second-order valence-electron chi connectivity index (χ2n) is 5.58. The Bertz CT molecular complexity index is 642. The number of H-pyrrole nitrogens is 1. The molecule has 0 saturated carbocycles. The highest BCUT2D eigenvalue weighted by atomic mass is 19.4. The summed E-state index contributed by atoms with van der Waals surface area (Å²) in [6.45, 7) is 1.13.